The lowest BCUT2D eigenvalue weighted by atomic mass is 9.61. The summed E-state index contributed by atoms with van der Waals surface area (Å²) >= 11 is 0. The highest BCUT2D eigenvalue weighted by atomic mass is 16.6. The molecule has 0 spiro atoms. The van der Waals surface area contributed by atoms with Gasteiger partial charge in [0.25, 0.3) is 0 Å². The molecule has 0 radical (unpaired) electrons. The Bertz CT molecular complexity index is 628. The molecule has 33 heavy (non-hydrogen) atoms. The molecule has 0 saturated carbocycles. The SMILES string of the molecule is CCCCCCCCCCC1C2OC2=CC(CCCCCCCCCC)(C(=O)O)C1C(=O)O. The van der Waals surface area contributed by atoms with Crippen LogP contribution in [-0.2, 0) is 14.3 Å². The molecule has 0 aromatic heterocycles. The number of hydrogen-bond acceptors (Lipinski definition) is 3. The lowest BCUT2D eigenvalue weighted by Crippen LogP contribution is -2.48. The number of hydrogen-bond donors (Lipinski definition) is 2. The molecule has 4 unspecified atom stereocenters. The van der Waals surface area contributed by atoms with Crippen LogP contribution in [0.15, 0.2) is 11.8 Å². The molecule has 1 aliphatic carbocycles. The number of carboxylic acid groups (broad SMARTS) is 2. The largest absolute Gasteiger partial charge is 0.483 e. The van der Waals surface area contributed by atoms with Crippen molar-refractivity contribution in [3.63, 3.8) is 0 Å². The number of unbranched alkanes of at least 4 members (excludes halogenated alkanes) is 14. The van der Waals surface area contributed by atoms with Crippen LogP contribution in [0.4, 0.5) is 0 Å². The maximum atomic E-state index is 12.5. The zero-order chi connectivity index (χ0) is 24.1. The van der Waals surface area contributed by atoms with Gasteiger partial charge in [0.05, 0.1) is 5.92 Å². The molecule has 1 heterocycles. The van der Waals surface area contributed by atoms with E-state index >= 15 is 0 Å². The molecule has 0 aromatic carbocycles. The number of aliphatic carboxylic acids is 2. The lowest BCUT2D eigenvalue weighted by Gasteiger charge is -2.37. The Morgan fingerprint density at radius 3 is 1.76 bits per heavy atom. The number of carboxylic acids is 2. The summed E-state index contributed by atoms with van der Waals surface area (Å²) in [4.78, 5) is 24.8. The van der Waals surface area contributed by atoms with Crippen LogP contribution in [0.5, 0.6) is 0 Å². The fourth-order valence-corrected chi connectivity index (χ4v) is 5.74. The van der Waals surface area contributed by atoms with Crippen molar-refractivity contribution >= 4 is 11.9 Å². The Labute approximate surface area is 201 Å². The van der Waals surface area contributed by atoms with Gasteiger partial charge in [-0.2, -0.15) is 0 Å². The Morgan fingerprint density at radius 1 is 0.788 bits per heavy atom. The summed E-state index contributed by atoms with van der Waals surface area (Å²) in [5.74, 6) is -2.39. The van der Waals surface area contributed by atoms with Crippen LogP contribution in [0.2, 0.25) is 0 Å². The molecule has 2 N–H and O–H groups in total. The van der Waals surface area contributed by atoms with E-state index in [0.717, 1.165) is 44.3 Å². The highest BCUT2D eigenvalue weighted by Gasteiger charge is 2.62. The maximum Gasteiger partial charge on any atom is 0.314 e. The summed E-state index contributed by atoms with van der Waals surface area (Å²) in [5.41, 5.74) is -1.33. The molecular weight excluding hydrogens is 416 g/mol. The quantitative estimate of drug-likeness (QED) is 0.142. The van der Waals surface area contributed by atoms with Gasteiger partial charge in [0, 0.05) is 5.92 Å². The number of ether oxygens (including phenoxy) is 1. The second-order valence-electron chi connectivity index (χ2n) is 10.4. The van der Waals surface area contributed by atoms with Gasteiger partial charge in [0.15, 0.2) is 6.10 Å². The zero-order valence-corrected chi connectivity index (χ0v) is 21.2. The van der Waals surface area contributed by atoms with E-state index in [1.165, 1.54) is 70.6 Å². The first-order valence-corrected chi connectivity index (χ1v) is 13.8. The molecule has 1 fully saturated rings. The minimum atomic E-state index is -1.33. The van der Waals surface area contributed by atoms with Crippen molar-refractivity contribution in [2.24, 2.45) is 17.3 Å². The van der Waals surface area contributed by atoms with E-state index in [9.17, 15) is 19.8 Å². The van der Waals surface area contributed by atoms with Crippen molar-refractivity contribution in [1.82, 2.24) is 0 Å². The molecule has 1 aliphatic heterocycles. The topological polar surface area (TPSA) is 87.1 Å². The molecule has 0 aromatic rings. The van der Waals surface area contributed by atoms with E-state index in [0.29, 0.717) is 6.42 Å². The molecular formula is C28H48O5. The highest BCUT2D eigenvalue weighted by molar-refractivity contribution is 5.86. The van der Waals surface area contributed by atoms with Crippen molar-refractivity contribution in [1.29, 1.82) is 0 Å². The molecule has 0 bridgehead atoms. The van der Waals surface area contributed by atoms with E-state index in [2.05, 4.69) is 13.8 Å². The van der Waals surface area contributed by atoms with Crippen LogP contribution >= 0.6 is 0 Å². The molecule has 2 aliphatic rings. The third-order valence-corrected chi connectivity index (χ3v) is 7.76. The Morgan fingerprint density at radius 2 is 1.27 bits per heavy atom. The summed E-state index contributed by atoms with van der Waals surface area (Å²) in [7, 11) is 0. The second kappa shape index (κ2) is 14.7. The van der Waals surface area contributed by atoms with E-state index in [1.54, 1.807) is 6.08 Å². The van der Waals surface area contributed by atoms with Gasteiger partial charge in [0.2, 0.25) is 0 Å². The van der Waals surface area contributed by atoms with Crippen molar-refractivity contribution in [3.05, 3.63) is 11.8 Å². The maximum absolute atomic E-state index is 12.5. The Kier molecular flexibility index (Phi) is 12.3. The van der Waals surface area contributed by atoms with Crippen molar-refractivity contribution in [2.75, 3.05) is 0 Å². The summed E-state index contributed by atoms with van der Waals surface area (Å²) < 4.78 is 5.72. The van der Waals surface area contributed by atoms with Gasteiger partial charge in [-0.25, -0.2) is 0 Å². The van der Waals surface area contributed by atoms with Gasteiger partial charge in [0.1, 0.15) is 11.2 Å². The lowest BCUT2D eigenvalue weighted by molar-refractivity contribution is -0.163. The van der Waals surface area contributed by atoms with Gasteiger partial charge < -0.3 is 14.9 Å². The smallest absolute Gasteiger partial charge is 0.314 e. The Hall–Kier alpha value is -1.52. The van der Waals surface area contributed by atoms with Crippen molar-refractivity contribution in [2.45, 2.75) is 136 Å². The first-order chi connectivity index (χ1) is 16.0. The summed E-state index contributed by atoms with van der Waals surface area (Å²) in [6.07, 6.45) is 21.1. The summed E-state index contributed by atoms with van der Waals surface area (Å²) in [6, 6.07) is 0. The molecule has 5 nitrogen and oxygen atoms in total. The monoisotopic (exact) mass is 464 g/mol. The average Bonchev–Trinajstić information content (AvgIpc) is 3.55. The van der Waals surface area contributed by atoms with Gasteiger partial charge in [-0.3, -0.25) is 9.59 Å². The molecule has 2 rings (SSSR count). The third kappa shape index (κ3) is 8.33. The highest BCUT2D eigenvalue weighted by Crippen LogP contribution is 2.55. The summed E-state index contributed by atoms with van der Waals surface area (Å²) in [6.45, 7) is 4.43. The first kappa shape index (κ1) is 27.7. The second-order valence-corrected chi connectivity index (χ2v) is 10.4. The molecule has 190 valence electrons. The van der Waals surface area contributed by atoms with Crippen LogP contribution in [0.1, 0.15) is 129 Å². The Balaban J connectivity index is 1.88. The van der Waals surface area contributed by atoms with E-state index < -0.39 is 23.3 Å². The molecule has 5 heteroatoms. The predicted octanol–water partition coefficient (Wildman–Crippen LogP) is 7.73. The van der Waals surface area contributed by atoms with Crippen molar-refractivity contribution in [3.8, 4) is 0 Å². The average molecular weight is 465 g/mol. The van der Waals surface area contributed by atoms with Crippen LogP contribution < -0.4 is 0 Å². The van der Waals surface area contributed by atoms with Gasteiger partial charge in [-0.15, -0.1) is 0 Å². The number of fused-ring (bicyclic) bond motifs is 1. The number of carbonyl (C=O) groups is 2. The van der Waals surface area contributed by atoms with Crippen LogP contribution in [0.25, 0.3) is 0 Å². The van der Waals surface area contributed by atoms with Gasteiger partial charge in [-0.1, -0.05) is 117 Å². The molecule has 4 atom stereocenters. The van der Waals surface area contributed by atoms with E-state index in [4.69, 9.17) is 4.74 Å². The van der Waals surface area contributed by atoms with Crippen LogP contribution in [0.3, 0.4) is 0 Å². The number of epoxide rings is 1. The van der Waals surface area contributed by atoms with Crippen LogP contribution in [0, 0.1) is 17.3 Å². The minimum absolute atomic E-state index is 0.179. The minimum Gasteiger partial charge on any atom is -0.483 e. The summed E-state index contributed by atoms with van der Waals surface area (Å²) in [5, 5.41) is 20.3. The predicted molar refractivity (Wildman–Crippen MR) is 132 cm³/mol. The van der Waals surface area contributed by atoms with Crippen molar-refractivity contribution < 1.29 is 24.5 Å². The van der Waals surface area contributed by atoms with Gasteiger partial charge >= 0.3 is 11.9 Å². The normalized spacial score (nSPS) is 25.8. The van der Waals surface area contributed by atoms with Gasteiger partial charge in [-0.05, 0) is 18.9 Å². The van der Waals surface area contributed by atoms with Crippen LogP contribution in [-0.4, -0.2) is 28.3 Å². The first-order valence-electron chi connectivity index (χ1n) is 13.8. The zero-order valence-electron chi connectivity index (χ0n) is 21.2. The molecule has 0 amide bonds. The number of rotatable bonds is 20. The van der Waals surface area contributed by atoms with E-state index in [1.807, 2.05) is 0 Å². The fraction of sp³-hybridized carbons (Fsp3) is 0.857. The molecule has 1 saturated heterocycles. The third-order valence-electron chi connectivity index (χ3n) is 7.76. The van der Waals surface area contributed by atoms with E-state index in [-0.39, 0.29) is 12.0 Å². The standard InChI is InChI=1S/C28H48O5/c1-3-5-7-9-11-13-15-17-19-22-24(26(29)30)28(27(31)32,21-23-25(22)33-23)20-18-16-14-12-10-8-6-4-2/h21-22,24-25H,3-20H2,1-2H3,(H,29,30)(H,31,32). The fourth-order valence-electron chi connectivity index (χ4n) is 5.74.